The molecule has 6 heteroatoms. The van der Waals surface area contributed by atoms with Gasteiger partial charge in [0.05, 0.1) is 11.1 Å². The first-order valence-electron chi connectivity index (χ1n) is 5.05. The molecule has 88 valence electrons. The van der Waals surface area contributed by atoms with Gasteiger partial charge >= 0.3 is 0 Å². The van der Waals surface area contributed by atoms with Crippen molar-refractivity contribution in [3.63, 3.8) is 0 Å². The molecule has 0 bridgehead atoms. The molecule has 0 aliphatic carbocycles. The molecule has 0 radical (unpaired) electrons. The molecule has 0 aromatic heterocycles. The summed E-state index contributed by atoms with van der Waals surface area (Å²) in [5.41, 5.74) is 5.71. The van der Waals surface area contributed by atoms with Crippen molar-refractivity contribution in [1.29, 1.82) is 0 Å². The van der Waals surface area contributed by atoms with E-state index in [0.717, 1.165) is 18.6 Å². The SMILES string of the molecule is NC1CCCN1S(=O)(=O)c1ccc(F)cc1. The van der Waals surface area contributed by atoms with Crippen LogP contribution in [0, 0.1) is 5.82 Å². The molecule has 1 saturated heterocycles. The summed E-state index contributed by atoms with van der Waals surface area (Å²) in [7, 11) is -3.56. The second kappa shape index (κ2) is 4.12. The molecule has 1 aliphatic heterocycles. The zero-order valence-electron chi connectivity index (χ0n) is 8.64. The Kier molecular flexibility index (Phi) is 2.96. The van der Waals surface area contributed by atoms with Gasteiger partial charge in [0.15, 0.2) is 0 Å². The fourth-order valence-corrected chi connectivity index (χ4v) is 3.39. The third kappa shape index (κ3) is 1.95. The first-order chi connectivity index (χ1) is 7.51. The number of hydrogen-bond acceptors (Lipinski definition) is 3. The highest BCUT2D eigenvalue weighted by molar-refractivity contribution is 7.89. The van der Waals surface area contributed by atoms with Crippen LogP contribution in [0.2, 0.25) is 0 Å². The lowest BCUT2D eigenvalue weighted by Crippen LogP contribution is -2.40. The Morgan fingerprint density at radius 1 is 1.31 bits per heavy atom. The van der Waals surface area contributed by atoms with Crippen molar-refractivity contribution in [2.75, 3.05) is 6.54 Å². The van der Waals surface area contributed by atoms with Gasteiger partial charge < -0.3 is 5.73 Å². The summed E-state index contributed by atoms with van der Waals surface area (Å²) in [6.07, 6.45) is 0.970. The van der Waals surface area contributed by atoms with E-state index in [9.17, 15) is 12.8 Å². The summed E-state index contributed by atoms with van der Waals surface area (Å²) in [6, 6.07) is 4.79. The molecule has 2 N–H and O–H groups in total. The molecule has 0 amide bonds. The maximum Gasteiger partial charge on any atom is 0.244 e. The van der Waals surface area contributed by atoms with E-state index in [-0.39, 0.29) is 4.90 Å². The minimum Gasteiger partial charge on any atom is -0.315 e. The molecule has 1 heterocycles. The molecule has 1 unspecified atom stereocenters. The second-order valence-corrected chi connectivity index (χ2v) is 5.67. The van der Waals surface area contributed by atoms with Crippen molar-refractivity contribution in [1.82, 2.24) is 4.31 Å². The first kappa shape index (κ1) is 11.5. The van der Waals surface area contributed by atoms with Gasteiger partial charge in [-0.15, -0.1) is 0 Å². The minimum atomic E-state index is -3.56. The molecule has 1 aliphatic rings. The van der Waals surface area contributed by atoms with Gasteiger partial charge in [0, 0.05) is 6.54 Å². The van der Waals surface area contributed by atoms with Crippen molar-refractivity contribution in [2.45, 2.75) is 23.9 Å². The molecule has 4 nitrogen and oxygen atoms in total. The Morgan fingerprint density at radius 2 is 1.94 bits per heavy atom. The third-order valence-corrected chi connectivity index (χ3v) is 4.61. The zero-order valence-corrected chi connectivity index (χ0v) is 9.45. The molecular weight excluding hydrogens is 231 g/mol. The van der Waals surface area contributed by atoms with E-state index in [1.54, 1.807) is 0 Å². The van der Waals surface area contributed by atoms with Gasteiger partial charge in [0.25, 0.3) is 0 Å². The van der Waals surface area contributed by atoms with Gasteiger partial charge in [0.2, 0.25) is 10.0 Å². The van der Waals surface area contributed by atoms with Crippen LogP contribution in [0.5, 0.6) is 0 Å². The Hall–Kier alpha value is -0.980. The number of sulfonamides is 1. The summed E-state index contributed by atoms with van der Waals surface area (Å²) in [6.45, 7) is 0.431. The van der Waals surface area contributed by atoms with Gasteiger partial charge in [-0.2, -0.15) is 4.31 Å². The van der Waals surface area contributed by atoms with Gasteiger partial charge in [-0.25, -0.2) is 12.8 Å². The minimum absolute atomic E-state index is 0.0891. The summed E-state index contributed by atoms with van der Waals surface area (Å²) < 4.78 is 38.1. The molecule has 1 aromatic carbocycles. The number of nitrogens with zero attached hydrogens (tertiary/aromatic N) is 1. The number of nitrogens with two attached hydrogens (primary N) is 1. The van der Waals surface area contributed by atoms with Crippen LogP contribution in [0.25, 0.3) is 0 Å². The summed E-state index contributed by atoms with van der Waals surface area (Å²) in [4.78, 5) is 0.0891. The smallest absolute Gasteiger partial charge is 0.244 e. The van der Waals surface area contributed by atoms with Crippen LogP contribution in [0.4, 0.5) is 4.39 Å². The van der Waals surface area contributed by atoms with Crippen LogP contribution in [0.1, 0.15) is 12.8 Å². The summed E-state index contributed by atoms with van der Waals surface area (Å²) in [5.74, 6) is -0.454. The number of halogens is 1. The van der Waals surface area contributed by atoms with Crippen LogP contribution in [0.3, 0.4) is 0 Å². The lowest BCUT2D eigenvalue weighted by Gasteiger charge is -2.20. The van der Waals surface area contributed by atoms with E-state index in [4.69, 9.17) is 5.73 Å². The van der Waals surface area contributed by atoms with Crippen LogP contribution in [-0.4, -0.2) is 25.4 Å². The fraction of sp³-hybridized carbons (Fsp3) is 0.400. The van der Waals surface area contributed by atoms with Crippen LogP contribution >= 0.6 is 0 Å². The van der Waals surface area contributed by atoms with Crippen LogP contribution in [-0.2, 0) is 10.0 Å². The molecule has 2 rings (SSSR count). The molecule has 1 atom stereocenters. The highest BCUT2D eigenvalue weighted by Crippen LogP contribution is 2.23. The third-order valence-electron chi connectivity index (χ3n) is 2.67. The average molecular weight is 244 g/mol. The average Bonchev–Trinajstić information content (AvgIpc) is 2.66. The van der Waals surface area contributed by atoms with Gasteiger partial charge in [-0.3, -0.25) is 0 Å². The van der Waals surface area contributed by atoms with Crippen LogP contribution in [0.15, 0.2) is 29.2 Å². The quantitative estimate of drug-likeness (QED) is 0.840. The maximum absolute atomic E-state index is 12.7. The molecule has 0 saturated carbocycles. The Bertz CT molecular complexity index is 472. The van der Waals surface area contributed by atoms with Crippen molar-refractivity contribution in [2.24, 2.45) is 5.73 Å². The highest BCUT2D eigenvalue weighted by Gasteiger charge is 2.32. The standard InChI is InChI=1S/C10H13FN2O2S/c11-8-3-5-9(6-4-8)16(14,15)13-7-1-2-10(13)12/h3-6,10H,1-2,7,12H2. The van der Waals surface area contributed by atoms with Crippen molar-refractivity contribution in [3.8, 4) is 0 Å². The molecule has 0 spiro atoms. The van der Waals surface area contributed by atoms with Gasteiger partial charge in [-0.1, -0.05) is 0 Å². The van der Waals surface area contributed by atoms with E-state index < -0.39 is 22.0 Å². The number of benzene rings is 1. The van der Waals surface area contributed by atoms with Crippen molar-refractivity contribution >= 4 is 10.0 Å². The van der Waals surface area contributed by atoms with E-state index >= 15 is 0 Å². The fourth-order valence-electron chi connectivity index (χ4n) is 1.81. The van der Waals surface area contributed by atoms with Crippen LogP contribution < -0.4 is 5.73 Å². The van der Waals surface area contributed by atoms with Crippen molar-refractivity contribution in [3.05, 3.63) is 30.1 Å². The molecular formula is C10H13FN2O2S. The zero-order chi connectivity index (χ0) is 11.8. The topological polar surface area (TPSA) is 63.4 Å². The predicted octanol–water partition coefficient (Wildman–Crippen LogP) is 0.895. The lowest BCUT2D eigenvalue weighted by molar-refractivity contribution is 0.396. The Morgan fingerprint density at radius 3 is 2.44 bits per heavy atom. The Labute approximate surface area is 93.9 Å². The van der Waals surface area contributed by atoms with Gasteiger partial charge in [-0.05, 0) is 37.1 Å². The Balaban J connectivity index is 2.35. The monoisotopic (exact) mass is 244 g/mol. The van der Waals surface area contributed by atoms with E-state index in [2.05, 4.69) is 0 Å². The summed E-state index contributed by atoms with van der Waals surface area (Å²) >= 11 is 0. The molecule has 1 aromatic rings. The maximum atomic E-state index is 12.7. The van der Waals surface area contributed by atoms with Crippen molar-refractivity contribution < 1.29 is 12.8 Å². The van der Waals surface area contributed by atoms with E-state index in [0.29, 0.717) is 13.0 Å². The first-order valence-corrected chi connectivity index (χ1v) is 6.49. The van der Waals surface area contributed by atoms with E-state index in [1.165, 1.54) is 16.4 Å². The normalized spacial score (nSPS) is 22.5. The largest absolute Gasteiger partial charge is 0.315 e. The predicted molar refractivity (Wildman–Crippen MR) is 57.5 cm³/mol. The van der Waals surface area contributed by atoms with E-state index in [1.807, 2.05) is 0 Å². The number of hydrogen-bond donors (Lipinski definition) is 1. The summed E-state index contributed by atoms with van der Waals surface area (Å²) in [5, 5.41) is 0. The lowest BCUT2D eigenvalue weighted by atomic mass is 10.3. The molecule has 16 heavy (non-hydrogen) atoms. The molecule has 1 fully saturated rings. The second-order valence-electron chi connectivity index (χ2n) is 3.78. The highest BCUT2D eigenvalue weighted by atomic mass is 32.2. The number of rotatable bonds is 2. The van der Waals surface area contributed by atoms with Gasteiger partial charge in [0.1, 0.15) is 5.82 Å².